The lowest BCUT2D eigenvalue weighted by molar-refractivity contribution is -0.115. The number of para-hydroxylation sites is 1. The molecule has 122 valence electrons. The number of carbonyl (C=O) groups excluding carboxylic acids is 1. The number of aromatic nitrogens is 1. The number of halogens is 1. The van der Waals surface area contributed by atoms with Gasteiger partial charge in [0.15, 0.2) is 0 Å². The van der Waals surface area contributed by atoms with Crippen molar-refractivity contribution in [1.82, 2.24) is 4.98 Å². The molecule has 24 heavy (non-hydrogen) atoms. The van der Waals surface area contributed by atoms with Gasteiger partial charge in [0.25, 0.3) is 0 Å². The molecule has 1 amide bonds. The number of thioether (sulfide) groups is 1. The van der Waals surface area contributed by atoms with Crippen molar-refractivity contribution in [3.8, 4) is 6.07 Å². The van der Waals surface area contributed by atoms with Gasteiger partial charge in [-0.05, 0) is 59.0 Å². The zero-order chi connectivity index (χ0) is 16.9. The van der Waals surface area contributed by atoms with Crippen LogP contribution in [0.25, 0.3) is 0 Å². The van der Waals surface area contributed by atoms with Crippen LogP contribution in [0.1, 0.15) is 29.7 Å². The van der Waals surface area contributed by atoms with Crippen molar-refractivity contribution in [2.75, 3.05) is 11.1 Å². The number of hydrogen-bond acceptors (Lipinski definition) is 4. The number of fused-ring (bicyclic) bond motifs is 1. The maximum absolute atomic E-state index is 12.1. The molecule has 1 aliphatic rings. The molecule has 0 saturated carbocycles. The number of nitrogens with zero attached hydrogens (tertiary/aromatic N) is 2. The van der Waals surface area contributed by atoms with E-state index in [0.717, 1.165) is 40.1 Å². The van der Waals surface area contributed by atoms with Crippen LogP contribution in [0.15, 0.2) is 39.8 Å². The van der Waals surface area contributed by atoms with Crippen molar-refractivity contribution >= 4 is 39.3 Å². The maximum atomic E-state index is 12.1. The molecule has 0 atom stereocenters. The third-order valence-corrected chi connectivity index (χ3v) is 5.54. The first kappa shape index (κ1) is 17.0. The second kappa shape index (κ2) is 7.82. The first-order chi connectivity index (χ1) is 11.7. The van der Waals surface area contributed by atoms with E-state index in [1.165, 1.54) is 17.3 Å². The molecule has 0 saturated heterocycles. The molecule has 0 spiro atoms. The van der Waals surface area contributed by atoms with Crippen LogP contribution in [0.3, 0.4) is 0 Å². The van der Waals surface area contributed by atoms with Gasteiger partial charge in [0, 0.05) is 22.3 Å². The number of hydrogen-bond donors (Lipinski definition) is 1. The highest BCUT2D eigenvalue weighted by Gasteiger charge is 2.17. The zero-order valence-corrected chi connectivity index (χ0v) is 15.4. The van der Waals surface area contributed by atoms with E-state index in [1.54, 1.807) is 0 Å². The minimum Gasteiger partial charge on any atom is -0.325 e. The van der Waals surface area contributed by atoms with Gasteiger partial charge in [0.2, 0.25) is 5.91 Å². The van der Waals surface area contributed by atoms with E-state index in [2.05, 4.69) is 32.3 Å². The van der Waals surface area contributed by atoms with Crippen molar-refractivity contribution < 1.29 is 4.79 Å². The quantitative estimate of drug-likeness (QED) is 0.757. The molecule has 1 N–H and O–H groups in total. The fourth-order valence-electron chi connectivity index (χ4n) is 2.66. The second-order valence-electron chi connectivity index (χ2n) is 5.54. The number of rotatable bonds is 5. The Morgan fingerprint density at radius 3 is 3.00 bits per heavy atom. The predicted molar refractivity (Wildman–Crippen MR) is 99.1 cm³/mol. The van der Waals surface area contributed by atoms with E-state index in [-0.39, 0.29) is 5.91 Å². The first-order valence-corrected chi connectivity index (χ1v) is 9.55. The Hall–Kier alpha value is -1.84. The average Bonchev–Trinajstić information content (AvgIpc) is 3.03. The molecule has 1 aliphatic carbocycles. The summed E-state index contributed by atoms with van der Waals surface area (Å²) < 4.78 is 0.859. The Kier molecular flexibility index (Phi) is 5.54. The second-order valence-corrected chi connectivity index (χ2v) is 7.48. The molecule has 0 aliphatic heterocycles. The normalized spacial score (nSPS) is 12.5. The lowest BCUT2D eigenvalue weighted by atomic mass is 10.2. The van der Waals surface area contributed by atoms with Crippen LogP contribution in [-0.4, -0.2) is 16.6 Å². The minimum absolute atomic E-state index is 0.0472. The van der Waals surface area contributed by atoms with Crippen LogP contribution in [0, 0.1) is 11.3 Å². The van der Waals surface area contributed by atoms with E-state index in [9.17, 15) is 10.1 Å². The fourth-order valence-corrected chi connectivity index (χ4v) is 3.96. The number of aryl methyl sites for hydroxylation is 2. The largest absolute Gasteiger partial charge is 0.325 e. The van der Waals surface area contributed by atoms with Crippen molar-refractivity contribution in [2.24, 2.45) is 0 Å². The number of carbonyl (C=O) groups is 1. The Bertz CT molecular complexity index is 816. The van der Waals surface area contributed by atoms with Gasteiger partial charge in [-0.2, -0.15) is 5.26 Å². The molecule has 0 radical (unpaired) electrons. The highest BCUT2D eigenvalue weighted by Crippen LogP contribution is 2.28. The summed E-state index contributed by atoms with van der Waals surface area (Å²) in [6, 6.07) is 11.7. The fraction of sp³-hybridized carbons (Fsp3) is 0.278. The van der Waals surface area contributed by atoms with E-state index in [1.807, 2.05) is 30.3 Å². The van der Waals surface area contributed by atoms with Crippen molar-refractivity contribution in [3.63, 3.8) is 0 Å². The van der Waals surface area contributed by atoms with Gasteiger partial charge < -0.3 is 5.32 Å². The maximum Gasteiger partial charge on any atom is 0.225 e. The van der Waals surface area contributed by atoms with Crippen LogP contribution in [-0.2, 0) is 17.6 Å². The van der Waals surface area contributed by atoms with E-state index in [4.69, 9.17) is 0 Å². The van der Waals surface area contributed by atoms with E-state index in [0.29, 0.717) is 17.7 Å². The predicted octanol–water partition coefficient (Wildman–Crippen LogP) is 4.33. The molecule has 1 aromatic carbocycles. The number of nitriles is 1. The molecule has 0 bridgehead atoms. The number of amides is 1. The molecular formula is C18H16BrN3OS. The van der Waals surface area contributed by atoms with Crippen molar-refractivity contribution in [2.45, 2.75) is 30.7 Å². The topological polar surface area (TPSA) is 65.8 Å². The van der Waals surface area contributed by atoms with Gasteiger partial charge in [-0.1, -0.05) is 12.1 Å². The third-order valence-electron chi connectivity index (χ3n) is 3.85. The highest BCUT2D eigenvalue weighted by molar-refractivity contribution is 9.10. The number of anilines is 1. The standard InChI is InChI=1S/C18H16BrN3OS/c19-14-5-1-2-6-16(14)21-17(23)8-9-24-18-13(11-20)10-12-4-3-7-15(12)22-18/h1-2,5-6,10H,3-4,7-9H2,(H,21,23). The lowest BCUT2D eigenvalue weighted by Gasteiger charge is -2.08. The summed E-state index contributed by atoms with van der Waals surface area (Å²) in [6.07, 6.45) is 3.47. The number of benzene rings is 1. The molecule has 3 rings (SSSR count). The Labute approximate surface area is 153 Å². The van der Waals surface area contributed by atoms with Gasteiger partial charge in [-0.3, -0.25) is 4.79 Å². The zero-order valence-electron chi connectivity index (χ0n) is 13.0. The third kappa shape index (κ3) is 3.97. The van der Waals surface area contributed by atoms with Crippen LogP contribution in [0.5, 0.6) is 0 Å². The van der Waals surface area contributed by atoms with Gasteiger partial charge in [-0.15, -0.1) is 11.8 Å². The summed E-state index contributed by atoms with van der Waals surface area (Å²) >= 11 is 4.89. The van der Waals surface area contributed by atoms with Crippen molar-refractivity contribution in [1.29, 1.82) is 5.26 Å². The highest BCUT2D eigenvalue weighted by atomic mass is 79.9. The monoisotopic (exact) mass is 401 g/mol. The molecule has 1 aromatic heterocycles. The summed E-state index contributed by atoms with van der Waals surface area (Å²) in [5.74, 6) is 0.547. The summed E-state index contributed by atoms with van der Waals surface area (Å²) in [6.45, 7) is 0. The molecule has 2 aromatic rings. The molecular weight excluding hydrogens is 386 g/mol. The Balaban J connectivity index is 1.58. The van der Waals surface area contributed by atoms with Gasteiger partial charge >= 0.3 is 0 Å². The number of nitrogens with one attached hydrogen (secondary N) is 1. The number of pyridine rings is 1. The van der Waals surface area contributed by atoms with E-state index < -0.39 is 0 Å². The first-order valence-electron chi connectivity index (χ1n) is 7.77. The molecule has 0 unspecified atom stereocenters. The average molecular weight is 402 g/mol. The van der Waals surface area contributed by atoms with Crippen molar-refractivity contribution in [3.05, 3.63) is 51.6 Å². The Morgan fingerprint density at radius 1 is 1.38 bits per heavy atom. The summed E-state index contributed by atoms with van der Waals surface area (Å²) in [7, 11) is 0. The van der Waals surface area contributed by atoms with Crippen LogP contribution in [0.2, 0.25) is 0 Å². The summed E-state index contributed by atoms with van der Waals surface area (Å²) in [5, 5.41) is 12.9. The lowest BCUT2D eigenvalue weighted by Crippen LogP contribution is -2.12. The SMILES string of the molecule is N#Cc1cc2c(nc1SCCC(=O)Nc1ccccc1Br)CCC2. The van der Waals surface area contributed by atoms with Gasteiger partial charge in [-0.25, -0.2) is 4.98 Å². The summed E-state index contributed by atoms with van der Waals surface area (Å²) in [5.41, 5.74) is 3.68. The van der Waals surface area contributed by atoms with Crippen LogP contribution < -0.4 is 5.32 Å². The molecule has 1 heterocycles. The van der Waals surface area contributed by atoms with Crippen LogP contribution >= 0.6 is 27.7 Å². The Morgan fingerprint density at radius 2 is 2.21 bits per heavy atom. The smallest absolute Gasteiger partial charge is 0.225 e. The summed E-state index contributed by atoms with van der Waals surface area (Å²) in [4.78, 5) is 16.7. The van der Waals surface area contributed by atoms with Gasteiger partial charge in [0.05, 0.1) is 11.3 Å². The molecule has 6 heteroatoms. The molecule has 0 fully saturated rings. The minimum atomic E-state index is -0.0472. The van der Waals surface area contributed by atoms with E-state index >= 15 is 0 Å². The van der Waals surface area contributed by atoms with Crippen LogP contribution in [0.4, 0.5) is 5.69 Å². The van der Waals surface area contributed by atoms with Gasteiger partial charge in [0.1, 0.15) is 11.1 Å². The molecule has 4 nitrogen and oxygen atoms in total.